The molecule has 4 nitrogen and oxygen atoms in total. The molecule has 0 aromatic heterocycles. The van der Waals surface area contributed by atoms with Crippen LogP contribution in [0.2, 0.25) is 0 Å². The Morgan fingerprint density at radius 1 is 1.43 bits per heavy atom. The lowest BCUT2D eigenvalue weighted by Gasteiger charge is -2.24. The monoisotopic (exact) mass is 306 g/mol. The molecule has 0 saturated carbocycles. The molecule has 1 aromatic carbocycles. The van der Waals surface area contributed by atoms with Gasteiger partial charge in [0.1, 0.15) is 0 Å². The van der Waals surface area contributed by atoms with Crippen molar-refractivity contribution in [3.05, 3.63) is 29.8 Å². The van der Waals surface area contributed by atoms with Gasteiger partial charge in [-0.25, -0.2) is 0 Å². The Morgan fingerprint density at radius 2 is 2.24 bits per heavy atom. The molecule has 2 atom stereocenters. The molecule has 0 amide bonds. The van der Waals surface area contributed by atoms with E-state index >= 15 is 0 Å². The Bertz CT molecular complexity index is 551. The number of benzene rings is 1. The highest BCUT2D eigenvalue weighted by atomic mass is 32.2. The second-order valence-corrected chi connectivity index (χ2v) is 7.26. The van der Waals surface area contributed by atoms with E-state index in [0.29, 0.717) is 13.1 Å². The fourth-order valence-electron chi connectivity index (χ4n) is 3.87. The molecule has 0 radical (unpaired) electrons. The minimum absolute atomic E-state index is 0.253. The number of fused-ring (bicyclic) bond motifs is 1. The van der Waals surface area contributed by atoms with Crippen LogP contribution < -0.4 is 0 Å². The highest BCUT2D eigenvalue weighted by molar-refractivity contribution is 7.98. The Hall–Kier alpha value is -1.04. The maximum absolute atomic E-state index is 11.8. The summed E-state index contributed by atoms with van der Waals surface area (Å²) in [6, 6.07) is 8.53. The molecule has 21 heavy (non-hydrogen) atoms. The van der Waals surface area contributed by atoms with Crippen LogP contribution in [-0.2, 0) is 11.3 Å². The topological polar surface area (TPSA) is 43.8 Å². The molecule has 2 saturated heterocycles. The second-order valence-electron chi connectivity index (χ2n) is 6.38. The van der Waals surface area contributed by atoms with E-state index in [1.54, 1.807) is 11.8 Å². The third-order valence-corrected chi connectivity index (χ3v) is 5.54. The van der Waals surface area contributed by atoms with Gasteiger partial charge in [0.2, 0.25) is 0 Å². The molecular formula is C16H22N2O2S. The van der Waals surface area contributed by atoms with Crippen LogP contribution in [0.3, 0.4) is 0 Å². The van der Waals surface area contributed by atoms with Crippen LogP contribution in [0.25, 0.3) is 0 Å². The average molecular weight is 306 g/mol. The van der Waals surface area contributed by atoms with Gasteiger partial charge in [-0.2, -0.15) is 0 Å². The van der Waals surface area contributed by atoms with E-state index in [0.717, 1.165) is 19.6 Å². The third kappa shape index (κ3) is 2.70. The van der Waals surface area contributed by atoms with E-state index < -0.39 is 11.4 Å². The Labute approximate surface area is 130 Å². The lowest BCUT2D eigenvalue weighted by molar-refractivity contribution is -0.148. The van der Waals surface area contributed by atoms with Crippen molar-refractivity contribution in [1.82, 2.24) is 9.80 Å². The van der Waals surface area contributed by atoms with Crippen molar-refractivity contribution in [3.63, 3.8) is 0 Å². The number of hydrogen-bond acceptors (Lipinski definition) is 4. The molecule has 2 aliphatic heterocycles. The number of carboxylic acid groups (broad SMARTS) is 1. The molecule has 0 spiro atoms. The number of hydrogen-bond donors (Lipinski definition) is 1. The fraction of sp³-hybridized carbons (Fsp3) is 0.562. The maximum atomic E-state index is 11.8. The molecule has 0 bridgehead atoms. The van der Waals surface area contributed by atoms with Crippen LogP contribution in [0.4, 0.5) is 0 Å². The third-order valence-electron chi connectivity index (χ3n) is 4.82. The van der Waals surface area contributed by atoms with Crippen LogP contribution in [0, 0.1) is 11.3 Å². The van der Waals surface area contributed by atoms with Crippen molar-refractivity contribution < 1.29 is 9.90 Å². The largest absolute Gasteiger partial charge is 0.481 e. The van der Waals surface area contributed by atoms with Crippen LogP contribution in [-0.4, -0.2) is 60.4 Å². The number of nitrogens with zero attached hydrogens (tertiary/aromatic N) is 2. The number of aliphatic carboxylic acids is 1. The second kappa shape index (κ2) is 5.63. The minimum Gasteiger partial charge on any atom is -0.481 e. The molecule has 2 aliphatic rings. The first kappa shape index (κ1) is 14.9. The zero-order valence-electron chi connectivity index (χ0n) is 12.6. The van der Waals surface area contributed by atoms with Crippen molar-refractivity contribution >= 4 is 17.7 Å². The number of carbonyl (C=O) groups is 1. The highest BCUT2D eigenvalue weighted by Gasteiger charge is 2.56. The Morgan fingerprint density at radius 3 is 2.90 bits per heavy atom. The number of thioether (sulfide) groups is 1. The van der Waals surface area contributed by atoms with Gasteiger partial charge in [-0.3, -0.25) is 9.69 Å². The number of carboxylic acids is 1. The van der Waals surface area contributed by atoms with Crippen LogP contribution >= 0.6 is 11.8 Å². The van der Waals surface area contributed by atoms with Gasteiger partial charge in [0, 0.05) is 43.5 Å². The lowest BCUT2D eigenvalue weighted by Crippen LogP contribution is -2.40. The lowest BCUT2D eigenvalue weighted by atomic mass is 9.81. The molecular weight excluding hydrogens is 284 g/mol. The van der Waals surface area contributed by atoms with Gasteiger partial charge in [0.15, 0.2) is 0 Å². The molecule has 1 N–H and O–H groups in total. The smallest absolute Gasteiger partial charge is 0.312 e. The van der Waals surface area contributed by atoms with Gasteiger partial charge in [-0.1, -0.05) is 12.1 Å². The summed E-state index contributed by atoms with van der Waals surface area (Å²) in [6.45, 7) is 3.98. The molecule has 2 heterocycles. The quantitative estimate of drug-likeness (QED) is 0.860. The van der Waals surface area contributed by atoms with E-state index in [9.17, 15) is 9.90 Å². The minimum atomic E-state index is -0.628. The van der Waals surface area contributed by atoms with Crippen molar-refractivity contribution in [1.29, 1.82) is 0 Å². The maximum Gasteiger partial charge on any atom is 0.312 e. The van der Waals surface area contributed by atoms with Crippen LogP contribution in [0.5, 0.6) is 0 Å². The number of rotatable bonds is 4. The van der Waals surface area contributed by atoms with Gasteiger partial charge in [0.25, 0.3) is 0 Å². The fourth-order valence-corrected chi connectivity index (χ4v) is 4.36. The predicted octanol–water partition coefficient (Wildman–Crippen LogP) is 1.86. The Balaban J connectivity index is 1.73. The summed E-state index contributed by atoms with van der Waals surface area (Å²) < 4.78 is 0. The molecule has 5 heteroatoms. The van der Waals surface area contributed by atoms with Crippen LogP contribution in [0.1, 0.15) is 5.56 Å². The molecule has 3 rings (SSSR count). The van der Waals surface area contributed by atoms with Gasteiger partial charge >= 0.3 is 5.97 Å². The van der Waals surface area contributed by atoms with Crippen LogP contribution in [0.15, 0.2) is 29.2 Å². The van der Waals surface area contributed by atoms with Gasteiger partial charge < -0.3 is 10.0 Å². The van der Waals surface area contributed by atoms with Crippen molar-refractivity contribution in [2.24, 2.45) is 11.3 Å². The molecule has 1 aromatic rings. The standard InChI is InChI=1S/C16H22N2O2S/c1-17-8-13-9-18(11-16(13,10-17)15(19)20)7-12-4-3-5-14(6-12)21-2/h3-6,13H,7-11H2,1-2H3,(H,19,20)/t13-,16-/m1/s1. The van der Waals surface area contributed by atoms with E-state index in [1.807, 2.05) is 7.05 Å². The Kier molecular flexibility index (Phi) is 3.99. The van der Waals surface area contributed by atoms with Crippen molar-refractivity contribution in [3.8, 4) is 0 Å². The van der Waals surface area contributed by atoms with Gasteiger partial charge in [-0.05, 0) is 31.0 Å². The predicted molar refractivity (Wildman–Crippen MR) is 84.6 cm³/mol. The van der Waals surface area contributed by atoms with E-state index in [-0.39, 0.29) is 5.92 Å². The molecule has 0 unspecified atom stereocenters. The van der Waals surface area contributed by atoms with Gasteiger partial charge in [0.05, 0.1) is 5.41 Å². The molecule has 2 fully saturated rings. The average Bonchev–Trinajstić information content (AvgIpc) is 2.92. The molecule has 114 valence electrons. The zero-order chi connectivity index (χ0) is 15.0. The van der Waals surface area contributed by atoms with E-state index in [4.69, 9.17) is 0 Å². The first-order chi connectivity index (χ1) is 10.0. The summed E-state index contributed by atoms with van der Waals surface area (Å²) in [5.41, 5.74) is 0.710. The zero-order valence-corrected chi connectivity index (χ0v) is 13.4. The summed E-state index contributed by atoms with van der Waals surface area (Å²) in [5, 5.41) is 9.70. The normalized spacial score (nSPS) is 29.7. The highest BCUT2D eigenvalue weighted by Crippen LogP contribution is 2.42. The van der Waals surface area contributed by atoms with Gasteiger partial charge in [-0.15, -0.1) is 11.8 Å². The number of likely N-dealkylation sites (tertiary alicyclic amines) is 2. The van der Waals surface area contributed by atoms with Crippen molar-refractivity contribution in [2.75, 3.05) is 39.5 Å². The summed E-state index contributed by atoms with van der Waals surface area (Å²) >= 11 is 1.74. The summed E-state index contributed by atoms with van der Waals surface area (Å²) in [7, 11) is 2.02. The first-order valence-corrected chi connectivity index (χ1v) is 8.53. The first-order valence-electron chi connectivity index (χ1n) is 7.31. The van der Waals surface area contributed by atoms with E-state index in [1.165, 1.54) is 10.5 Å². The summed E-state index contributed by atoms with van der Waals surface area (Å²) in [5.74, 6) is -0.374. The molecule has 0 aliphatic carbocycles. The van der Waals surface area contributed by atoms with E-state index in [2.05, 4.69) is 40.3 Å². The SMILES string of the molecule is CSc1cccc(CN2C[C@H]3CN(C)C[C@@]3(C(=O)O)C2)c1. The van der Waals surface area contributed by atoms with Crippen molar-refractivity contribution in [2.45, 2.75) is 11.4 Å². The summed E-state index contributed by atoms with van der Waals surface area (Å²) in [4.78, 5) is 17.5. The summed E-state index contributed by atoms with van der Waals surface area (Å²) in [6.07, 6.45) is 2.08.